The van der Waals surface area contributed by atoms with Gasteiger partial charge in [-0.3, -0.25) is 4.79 Å². The third-order valence-electron chi connectivity index (χ3n) is 3.31. The number of carbonyl (C=O) groups excluding carboxylic acids is 1. The quantitative estimate of drug-likeness (QED) is 0.768. The van der Waals surface area contributed by atoms with E-state index in [9.17, 15) is 4.79 Å². The molecule has 1 saturated carbocycles. The Morgan fingerprint density at radius 2 is 2.19 bits per heavy atom. The van der Waals surface area contributed by atoms with Crippen LogP contribution in [0.3, 0.4) is 0 Å². The lowest BCUT2D eigenvalue weighted by molar-refractivity contribution is -0.121. The number of hydrogen-bond acceptors (Lipinski definition) is 3. The van der Waals surface area contributed by atoms with Gasteiger partial charge in [-0.2, -0.15) is 11.8 Å². The predicted octanol–water partition coefficient (Wildman–Crippen LogP) is 1.53. The van der Waals surface area contributed by atoms with E-state index in [0.717, 1.165) is 6.54 Å². The van der Waals surface area contributed by atoms with E-state index in [1.807, 2.05) is 11.8 Å². The third kappa shape index (κ3) is 3.98. The van der Waals surface area contributed by atoms with Crippen molar-refractivity contribution in [1.82, 2.24) is 10.6 Å². The molecule has 0 aromatic carbocycles. The van der Waals surface area contributed by atoms with Crippen LogP contribution in [0.25, 0.3) is 0 Å². The summed E-state index contributed by atoms with van der Waals surface area (Å²) in [5.74, 6) is 1.51. The van der Waals surface area contributed by atoms with Crippen LogP contribution >= 0.6 is 11.8 Å². The number of nitrogens with one attached hydrogen (secondary N) is 2. The maximum atomic E-state index is 11.5. The van der Waals surface area contributed by atoms with E-state index in [1.165, 1.54) is 31.4 Å². The Hall–Kier alpha value is -0.220. The lowest BCUT2D eigenvalue weighted by Crippen LogP contribution is -2.41. The first-order chi connectivity index (χ1) is 7.75. The van der Waals surface area contributed by atoms with Crippen LogP contribution < -0.4 is 10.6 Å². The van der Waals surface area contributed by atoms with Gasteiger partial charge < -0.3 is 10.6 Å². The fourth-order valence-electron chi connectivity index (χ4n) is 2.09. The number of amides is 1. The molecule has 16 heavy (non-hydrogen) atoms. The molecule has 0 bridgehead atoms. The molecular formula is C12H22N2OS. The summed E-state index contributed by atoms with van der Waals surface area (Å²) >= 11 is 2.04. The maximum Gasteiger partial charge on any atom is 0.221 e. The molecule has 1 saturated heterocycles. The van der Waals surface area contributed by atoms with Crippen molar-refractivity contribution in [2.24, 2.45) is 0 Å². The average molecular weight is 242 g/mol. The van der Waals surface area contributed by atoms with E-state index in [1.54, 1.807) is 0 Å². The molecule has 0 aromatic rings. The number of carbonyl (C=O) groups is 1. The number of hydrogen-bond donors (Lipinski definition) is 2. The highest BCUT2D eigenvalue weighted by Crippen LogP contribution is 2.24. The summed E-state index contributed by atoms with van der Waals surface area (Å²) in [5.41, 5.74) is 0. The Kier molecular flexibility index (Phi) is 4.53. The molecule has 2 unspecified atom stereocenters. The molecule has 2 atom stereocenters. The molecule has 0 radical (unpaired) electrons. The normalized spacial score (nSPS) is 30.1. The number of thioether (sulfide) groups is 1. The van der Waals surface area contributed by atoms with E-state index in [0.29, 0.717) is 23.8 Å². The van der Waals surface area contributed by atoms with Crippen LogP contribution in [0.15, 0.2) is 0 Å². The zero-order valence-corrected chi connectivity index (χ0v) is 10.8. The molecule has 2 N–H and O–H groups in total. The van der Waals surface area contributed by atoms with E-state index in [4.69, 9.17) is 0 Å². The zero-order chi connectivity index (χ0) is 11.4. The van der Waals surface area contributed by atoms with Crippen molar-refractivity contribution < 1.29 is 4.79 Å². The van der Waals surface area contributed by atoms with Crippen LogP contribution in [0.2, 0.25) is 0 Å². The highest BCUT2D eigenvalue weighted by atomic mass is 32.2. The molecule has 1 aliphatic heterocycles. The number of rotatable bonds is 5. The van der Waals surface area contributed by atoms with Crippen LogP contribution in [-0.2, 0) is 4.79 Å². The summed E-state index contributed by atoms with van der Waals surface area (Å²) < 4.78 is 0. The van der Waals surface area contributed by atoms with Crippen molar-refractivity contribution in [2.45, 2.75) is 56.4 Å². The molecule has 2 rings (SSSR count). The van der Waals surface area contributed by atoms with Gasteiger partial charge in [0.25, 0.3) is 0 Å². The summed E-state index contributed by atoms with van der Waals surface area (Å²) in [6.07, 6.45) is 5.55. The molecular weight excluding hydrogens is 220 g/mol. The highest BCUT2D eigenvalue weighted by Gasteiger charge is 2.24. The minimum Gasteiger partial charge on any atom is -0.353 e. The van der Waals surface area contributed by atoms with Gasteiger partial charge in [0.05, 0.1) is 0 Å². The molecule has 0 aromatic heterocycles. The molecule has 3 nitrogen and oxygen atoms in total. The molecule has 1 heterocycles. The minimum atomic E-state index is 0.214. The monoisotopic (exact) mass is 242 g/mol. The SMILES string of the molecule is CC1SCCCC1NCCC(=O)NC1CC1. The first-order valence-electron chi connectivity index (χ1n) is 6.40. The largest absolute Gasteiger partial charge is 0.353 e. The molecule has 2 fully saturated rings. The maximum absolute atomic E-state index is 11.5. The van der Waals surface area contributed by atoms with Crippen molar-refractivity contribution in [3.8, 4) is 0 Å². The van der Waals surface area contributed by atoms with Gasteiger partial charge in [0, 0.05) is 30.3 Å². The van der Waals surface area contributed by atoms with Gasteiger partial charge in [0.15, 0.2) is 0 Å². The summed E-state index contributed by atoms with van der Waals surface area (Å²) in [4.78, 5) is 11.5. The van der Waals surface area contributed by atoms with Crippen LogP contribution in [0.1, 0.15) is 39.0 Å². The first kappa shape index (κ1) is 12.2. The van der Waals surface area contributed by atoms with Crippen molar-refractivity contribution in [1.29, 1.82) is 0 Å². The lowest BCUT2D eigenvalue weighted by Gasteiger charge is -2.29. The second-order valence-electron chi connectivity index (χ2n) is 4.87. The zero-order valence-electron chi connectivity index (χ0n) is 10.00. The molecule has 1 aliphatic carbocycles. The van der Waals surface area contributed by atoms with Crippen molar-refractivity contribution >= 4 is 17.7 Å². The Labute approximate surface area is 102 Å². The van der Waals surface area contributed by atoms with Gasteiger partial charge in [-0.05, 0) is 31.4 Å². The second kappa shape index (κ2) is 5.92. The van der Waals surface area contributed by atoms with Crippen molar-refractivity contribution in [2.75, 3.05) is 12.3 Å². The van der Waals surface area contributed by atoms with Crippen LogP contribution in [-0.4, -0.2) is 35.5 Å². The lowest BCUT2D eigenvalue weighted by atomic mass is 10.1. The molecule has 2 aliphatic rings. The van der Waals surface area contributed by atoms with Gasteiger partial charge in [-0.25, -0.2) is 0 Å². The average Bonchev–Trinajstić information content (AvgIpc) is 3.05. The van der Waals surface area contributed by atoms with Gasteiger partial charge in [0.2, 0.25) is 5.91 Å². The Balaban J connectivity index is 1.57. The summed E-state index contributed by atoms with van der Waals surface area (Å²) in [5, 5.41) is 7.23. The smallest absolute Gasteiger partial charge is 0.221 e. The van der Waals surface area contributed by atoms with Gasteiger partial charge in [-0.1, -0.05) is 6.92 Å². The summed E-state index contributed by atoms with van der Waals surface area (Å²) in [7, 11) is 0. The van der Waals surface area contributed by atoms with Crippen molar-refractivity contribution in [3.63, 3.8) is 0 Å². The Bertz CT molecular complexity index is 243. The fraction of sp³-hybridized carbons (Fsp3) is 0.917. The summed E-state index contributed by atoms with van der Waals surface area (Å²) in [6, 6.07) is 1.10. The van der Waals surface area contributed by atoms with Gasteiger partial charge >= 0.3 is 0 Å². The third-order valence-corrected chi connectivity index (χ3v) is 4.69. The fourth-order valence-corrected chi connectivity index (χ4v) is 3.26. The first-order valence-corrected chi connectivity index (χ1v) is 7.45. The highest BCUT2D eigenvalue weighted by molar-refractivity contribution is 7.99. The Morgan fingerprint density at radius 3 is 2.88 bits per heavy atom. The standard InChI is InChI=1S/C12H22N2OS/c1-9-11(3-2-8-16-9)13-7-6-12(15)14-10-4-5-10/h9-11,13H,2-8H2,1H3,(H,14,15). The van der Waals surface area contributed by atoms with Gasteiger partial charge in [-0.15, -0.1) is 0 Å². The van der Waals surface area contributed by atoms with Crippen LogP contribution in [0, 0.1) is 0 Å². The molecule has 4 heteroatoms. The minimum absolute atomic E-state index is 0.214. The van der Waals surface area contributed by atoms with Crippen LogP contribution in [0.4, 0.5) is 0 Å². The molecule has 92 valence electrons. The van der Waals surface area contributed by atoms with E-state index >= 15 is 0 Å². The van der Waals surface area contributed by atoms with E-state index < -0.39 is 0 Å². The molecule has 1 amide bonds. The predicted molar refractivity (Wildman–Crippen MR) is 68.7 cm³/mol. The molecule has 0 spiro atoms. The van der Waals surface area contributed by atoms with Crippen LogP contribution in [0.5, 0.6) is 0 Å². The second-order valence-corrected chi connectivity index (χ2v) is 6.36. The topological polar surface area (TPSA) is 41.1 Å². The summed E-state index contributed by atoms with van der Waals surface area (Å²) in [6.45, 7) is 3.11. The van der Waals surface area contributed by atoms with E-state index in [2.05, 4.69) is 17.6 Å². The van der Waals surface area contributed by atoms with Crippen molar-refractivity contribution in [3.05, 3.63) is 0 Å². The Morgan fingerprint density at radius 1 is 1.38 bits per heavy atom. The van der Waals surface area contributed by atoms with E-state index in [-0.39, 0.29) is 5.91 Å². The van der Waals surface area contributed by atoms with Gasteiger partial charge in [0.1, 0.15) is 0 Å².